The van der Waals surface area contributed by atoms with E-state index in [1.807, 2.05) is 30.3 Å². The summed E-state index contributed by atoms with van der Waals surface area (Å²) in [6.45, 7) is 5.27. The fraction of sp³-hybridized carbons (Fsp3) is 0.312. The van der Waals surface area contributed by atoms with Crippen LogP contribution in [-0.2, 0) is 0 Å². The molecule has 1 heterocycles. The molecule has 0 aliphatic heterocycles. The SMILES string of the molecule is CCCNC(C)c1ccc(Oc2cccnc2)c(Cl)c1. The number of nitrogens with zero attached hydrogens (tertiary/aromatic N) is 1. The molecule has 0 amide bonds. The van der Waals surface area contributed by atoms with Gasteiger partial charge < -0.3 is 10.1 Å². The van der Waals surface area contributed by atoms with Crippen molar-refractivity contribution in [1.82, 2.24) is 10.3 Å². The van der Waals surface area contributed by atoms with Crippen LogP contribution < -0.4 is 10.1 Å². The van der Waals surface area contributed by atoms with E-state index in [9.17, 15) is 0 Å². The van der Waals surface area contributed by atoms with Crippen molar-refractivity contribution in [2.24, 2.45) is 0 Å². The Kier molecular flexibility index (Phi) is 5.39. The van der Waals surface area contributed by atoms with Crippen molar-refractivity contribution < 1.29 is 4.74 Å². The van der Waals surface area contributed by atoms with Crippen LogP contribution in [0.3, 0.4) is 0 Å². The third-order valence-corrected chi connectivity index (χ3v) is 3.31. The van der Waals surface area contributed by atoms with Crippen LogP contribution in [0.4, 0.5) is 0 Å². The van der Waals surface area contributed by atoms with Crippen molar-refractivity contribution in [3.8, 4) is 11.5 Å². The molecule has 0 saturated carbocycles. The van der Waals surface area contributed by atoms with Gasteiger partial charge in [0, 0.05) is 12.2 Å². The monoisotopic (exact) mass is 290 g/mol. The molecule has 0 bridgehead atoms. The molecule has 0 fully saturated rings. The second-order valence-corrected chi connectivity index (χ2v) is 5.06. The number of pyridine rings is 1. The third kappa shape index (κ3) is 3.95. The Morgan fingerprint density at radius 3 is 2.85 bits per heavy atom. The predicted molar refractivity (Wildman–Crippen MR) is 82.5 cm³/mol. The highest BCUT2D eigenvalue weighted by atomic mass is 35.5. The molecule has 1 unspecified atom stereocenters. The van der Waals surface area contributed by atoms with Gasteiger partial charge in [-0.05, 0) is 49.7 Å². The first-order valence-corrected chi connectivity index (χ1v) is 7.19. The maximum absolute atomic E-state index is 6.28. The first-order chi connectivity index (χ1) is 9.70. The van der Waals surface area contributed by atoms with Crippen LogP contribution in [-0.4, -0.2) is 11.5 Å². The molecule has 2 rings (SSSR count). The minimum atomic E-state index is 0.278. The lowest BCUT2D eigenvalue weighted by Gasteiger charge is -2.15. The summed E-state index contributed by atoms with van der Waals surface area (Å²) in [6.07, 6.45) is 4.48. The van der Waals surface area contributed by atoms with Gasteiger partial charge in [0.1, 0.15) is 11.5 Å². The number of hydrogen-bond donors (Lipinski definition) is 1. The minimum absolute atomic E-state index is 0.278. The summed E-state index contributed by atoms with van der Waals surface area (Å²) in [5.41, 5.74) is 1.15. The molecule has 20 heavy (non-hydrogen) atoms. The molecule has 1 aromatic carbocycles. The van der Waals surface area contributed by atoms with E-state index in [4.69, 9.17) is 16.3 Å². The number of benzene rings is 1. The van der Waals surface area contributed by atoms with E-state index in [1.165, 1.54) is 0 Å². The molecule has 2 aromatic rings. The lowest BCUT2D eigenvalue weighted by atomic mass is 10.1. The van der Waals surface area contributed by atoms with Gasteiger partial charge in [0.2, 0.25) is 0 Å². The highest BCUT2D eigenvalue weighted by Gasteiger charge is 2.09. The molecular formula is C16H19ClN2O. The molecule has 3 nitrogen and oxygen atoms in total. The third-order valence-electron chi connectivity index (χ3n) is 3.02. The smallest absolute Gasteiger partial charge is 0.146 e. The summed E-state index contributed by atoms with van der Waals surface area (Å²) < 4.78 is 5.71. The van der Waals surface area contributed by atoms with Crippen molar-refractivity contribution in [1.29, 1.82) is 0 Å². The molecule has 106 valence electrons. The summed E-state index contributed by atoms with van der Waals surface area (Å²) in [6, 6.07) is 9.83. The summed E-state index contributed by atoms with van der Waals surface area (Å²) in [7, 11) is 0. The molecular weight excluding hydrogens is 272 g/mol. The summed E-state index contributed by atoms with van der Waals surface area (Å²) in [5, 5.41) is 4.04. The lowest BCUT2D eigenvalue weighted by Crippen LogP contribution is -2.19. The number of ether oxygens (including phenoxy) is 1. The molecule has 1 N–H and O–H groups in total. The van der Waals surface area contributed by atoms with Crippen LogP contribution in [0.25, 0.3) is 0 Å². The summed E-state index contributed by atoms with van der Waals surface area (Å²) in [4.78, 5) is 4.01. The molecule has 0 spiro atoms. The van der Waals surface area contributed by atoms with Crippen molar-refractivity contribution in [2.75, 3.05) is 6.54 Å². The van der Waals surface area contributed by atoms with Gasteiger partial charge in [-0.2, -0.15) is 0 Å². The Hall–Kier alpha value is -1.58. The molecule has 1 atom stereocenters. The van der Waals surface area contributed by atoms with Crippen molar-refractivity contribution in [3.63, 3.8) is 0 Å². The number of hydrogen-bond acceptors (Lipinski definition) is 3. The molecule has 0 aliphatic rings. The van der Waals surface area contributed by atoms with Crippen molar-refractivity contribution in [2.45, 2.75) is 26.3 Å². The van der Waals surface area contributed by atoms with Gasteiger partial charge in [-0.1, -0.05) is 24.6 Å². The van der Waals surface area contributed by atoms with Crippen molar-refractivity contribution >= 4 is 11.6 Å². The van der Waals surface area contributed by atoms with E-state index < -0.39 is 0 Å². The van der Waals surface area contributed by atoms with Crippen molar-refractivity contribution in [3.05, 3.63) is 53.3 Å². The maximum Gasteiger partial charge on any atom is 0.146 e. The largest absolute Gasteiger partial charge is 0.454 e. The van der Waals surface area contributed by atoms with Crippen LogP contribution >= 0.6 is 11.6 Å². The van der Waals surface area contributed by atoms with Crippen LogP contribution in [0.5, 0.6) is 11.5 Å². The normalized spacial score (nSPS) is 12.2. The first kappa shape index (κ1) is 14.8. The second kappa shape index (κ2) is 7.27. The van der Waals surface area contributed by atoms with Gasteiger partial charge in [-0.3, -0.25) is 4.98 Å². The predicted octanol–water partition coefficient (Wildman–Crippen LogP) is 4.59. The Morgan fingerprint density at radius 1 is 1.35 bits per heavy atom. The molecule has 0 saturated heterocycles. The fourth-order valence-corrected chi connectivity index (χ4v) is 2.11. The first-order valence-electron chi connectivity index (χ1n) is 6.81. The standard InChI is InChI=1S/C16H19ClN2O/c1-3-8-19-12(2)13-6-7-16(15(17)10-13)20-14-5-4-9-18-11-14/h4-7,9-12,19H,3,8H2,1-2H3. The molecule has 0 radical (unpaired) electrons. The van der Waals surface area contributed by atoms with E-state index in [1.54, 1.807) is 12.4 Å². The Morgan fingerprint density at radius 2 is 2.20 bits per heavy atom. The van der Waals surface area contributed by atoms with Crippen LogP contribution in [0.15, 0.2) is 42.7 Å². The van der Waals surface area contributed by atoms with E-state index >= 15 is 0 Å². The van der Waals surface area contributed by atoms with Gasteiger partial charge in [0.25, 0.3) is 0 Å². The number of rotatable bonds is 6. The van der Waals surface area contributed by atoms with Crippen LogP contribution in [0.1, 0.15) is 31.9 Å². The quantitative estimate of drug-likeness (QED) is 0.845. The van der Waals surface area contributed by atoms with Crippen LogP contribution in [0.2, 0.25) is 5.02 Å². The Balaban J connectivity index is 2.10. The Labute approximate surface area is 124 Å². The number of nitrogens with one attached hydrogen (secondary N) is 1. The minimum Gasteiger partial charge on any atom is -0.454 e. The molecule has 4 heteroatoms. The summed E-state index contributed by atoms with van der Waals surface area (Å²) in [5.74, 6) is 1.32. The van der Waals surface area contributed by atoms with Gasteiger partial charge >= 0.3 is 0 Å². The topological polar surface area (TPSA) is 34.1 Å². The van der Waals surface area contributed by atoms with E-state index in [-0.39, 0.29) is 6.04 Å². The van der Waals surface area contributed by atoms with Gasteiger partial charge in [-0.15, -0.1) is 0 Å². The highest BCUT2D eigenvalue weighted by Crippen LogP contribution is 2.31. The fourth-order valence-electron chi connectivity index (χ4n) is 1.88. The highest BCUT2D eigenvalue weighted by molar-refractivity contribution is 6.32. The number of halogens is 1. The maximum atomic E-state index is 6.28. The lowest BCUT2D eigenvalue weighted by molar-refractivity contribution is 0.479. The van der Waals surface area contributed by atoms with Crippen LogP contribution in [0, 0.1) is 0 Å². The number of aromatic nitrogens is 1. The van der Waals surface area contributed by atoms with Gasteiger partial charge in [0.05, 0.1) is 11.2 Å². The average Bonchev–Trinajstić information content (AvgIpc) is 2.48. The summed E-state index contributed by atoms with van der Waals surface area (Å²) >= 11 is 6.28. The zero-order valence-corrected chi connectivity index (χ0v) is 12.5. The van der Waals surface area contributed by atoms with E-state index in [0.29, 0.717) is 16.5 Å². The zero-order chi connectivity index (χ0) is 14.4. The Bertz CT molecular complexity index is 545. The second-order valence-electron chi connectivity index (χ2n) is 4.66. The van der Waals surface area contributed by atoms with Gasteiger partial charge in [0.15, 0.2) is 0 Å². The zero-order valence-electron chi connectivity index (χ0n) is 11.8. The average molecular weight is 291 g/mol. The van der Waals surface area contributed by atoms with E-state index in [0.717, 1.165) is 18.5 Å². The van der Waals surface area contributed by atoms with E-state index in [2.05, 4.69) is 24.1 Å². The van der Waals surface area contributed by atoms with Gasteiger partial charge in [-0.25, -0.2) is 0 Å². The molecule has 1 aromatic heterocycles. The molecule has 0 aliphatic carbocycles.